The number of nitrogens with two attached hydrogens (primary N) is 1. The van der Waals surface area contributed by atoms with Crippen molar-refractivity contribution >= 4 is 40.2 Å². The second-order valence-corrected chi connectivity index (χ2v) is 8.19. The number of primary amides is 1. The van der Waals surface area contributed by atoms with Gasteiger partial charge in [-0.2, -0.15) is 10.1 Å². The molecule has 2 amide bonds. The lowest BCUT2D eigenvalue weighted by Crippen LogP contribution is -2.23. The summed E-state index contributed by atoms with van der Waals surface area (Å²) in [6, 6.07) is 14.2. The lowest BCUT2D eigenvalue weighted by Gasteiger charge is -2.11. The maximum atomic E-state index is 11.7. The molecule has 1 saturated carbocycles. The predicted molar refractivity (Wildman–Crippen MR) is 130 cm³/mol. The van der Waals surface area contributed by atoms with E-state index in [-0.39, 0.29) is 18.0 Å². The molecule has 1 aliphatic carbocycles. The highest BCUT2D eigenvalue weighted by molar-refractivity contribution is 5.97. The van der Waals surface area contributed by atoms with Crippen molar-refractivity contribution in [2.45, 2.75) is 25.4 Å². The molecule has 172 valence electrons. The number of hydrogen-bond acceptors (Lipinski definition) is 7. The number of carbonyl (C=O) groups is 2. The van der Waals surface area contributed by atoms with E-state index in [1.54, 1.807) is 17.9 Å². The van der Waals surface area contributed by atoms with Crippen molar-refractivity contribution in [2.75, 3.05) is 17.7 Å². The summed E-state index contributed by atoms with van der Waals surface area (Å²) in [5.41, 5.74) is 9.51. The van der Waals surface area contributed by atoms with Crippen molar-refractivity contribution < 1.29 is 9.59 Å². The van der Waals surface area contributed by atoms with E-state index < -0.39 is 5.91 Å². The molecule has 0 unspecified atom stereocenters. The summed E-state index contributed by atoms with van der Waals surface area (Å²) in [6.45, 7) is 0.181. The third-order valence-corrected chi connectivity index (χ3v) is 5.66. The number of anilines is 3. The van der Waals surface area contributed by atoms with E-state index in [9.17, 15) is 9.59 Å². The first-order valence-corrected chi connectivity index (χ1v) is 11.0. The molecule has 34 heavy (non-hydrogen) atoms. The zero-order valence-corrected chi connectivity index (χ0v) is 18.6. The highest BCUT2D eigenvalue weighted by atomic mass is 16.2. The molecular weight excluding hydrogens is 432 g/mol. The van der Waals surface area contributed by atoms with Gasteiger partial charge in [-0.3, -0.25) is 14.3 Å². The Morgan fingerprint density at radius 3 is 2.56 bits per heavy atom. The highest BCUT2D eigenvalue weighted by Crippen LogP contribution is 2.28. The van der Waals surface area contributed by atoms with Gasteiger partial charge in [0.05, 0.1) is 17.3 Å². The summed E-state index contributed by atoms with van der Waals surface area (Å²) < 4.78 is 1.68. The minimum atomic E-state index is -0.560. The Morgan fingerprint density at radius 2 is 1.85 bits per heavy atom. The van der Waals surface area contributed by atoms with Crippen molar-refractivity contribution in [1.82, 2.24) is 25.1 Å². The van der Waals surface area contributed by atoms with Gasteiger partial charge in [0.25, 0.3) is 5.91 Å². The zero-order valence-electron chi connectivity index (χ0n) is 18.6. The normalized spacial score (nSPS) is 13.0. The molecule has 0 bridgehead atoms. The van der Waals surface area contributed by atoms with Gasteiger partial charge in [0, 0.05) is 30.4 Å². The molecule has 5 rings (SSSR count). The van der Waals surface area contributed by atoms with Gasteiger partial charge in [-0.15, -0.1) is 0 Å². The Morgan fingerprint density at radius 1 is 1.09 bits per heavy atom. The summed E-state index contributed by atoms with van der Waals surface area (Å²) >= 11 is 0. The van der Waals surface area contributed by atoms with Crippen LogP contribution in [0.15, 0.2) is 54.9 Å². The maximum absolute atomic E-state index is 11.7. The standard InChI is InChI=1S/C24H24N8O2/c1-26-21(33)13-32-20-9-4-15(10-16(20)11-28-32)14-2-5-18(6-3-14)30-24-27-12-19(22(25)34)23(31-24)29-17-7-8-17/h2-6,9-12,17H,7-8,13H2,1H3,(H2,25,34)(H,26,33)(H2,27,29,30,31). The fraction of sp³-hybridized carbons (Fsp3) is 0.208. The lowest BCUT2D eigenvalue weighted by atomic mass is 10.0. The minimum absolute atomic E-state index is 0.0964. The van der Waals surface area contributed by atoms with E-state index in [0.29, 0.717) is 17.8 Å². The van der Waals surface area contributed by atoms with Crippen LogP contribution in [0.5, 0.6) is 0 Å². The molecule has 0 aliphatic heterocycles. The van der Waals surface area contributed by atoms with Gasteiger partial charge in [0.1, 0.15) is 12.4 Å². The number of nitrogens with zero attached hydrogens (tertiary/aromatic N) is 4. The Balaban J connectivity index is 1.33. The SMILES string of the molecule is CNC(=O)Cn1ncc2cc(-c3ccc(Nc4ncc(C(N)=O)c(NC5CC5)n4)cc3)ccc21. The number of aromatic nitrogens is 4. The highest BCUT2D eigenvalue weighted by Gasteiger charge is 2.24. The minimum Gasteiger partial charge on any atom is -0.367 e. The molecular formula is C24H24N8O2. The van der Waals surface area contributed by atoms with Crippen LogP contribution in [0.2, 0.25) is 0 Å². The summed E-state index contributed by atoms with van der Waals surface area (Å²) in [6.07, 6.45) is 5.30. The van der Waals surface area contributed by atoms with Gasteiger partial charge in [0.2, 0.25) is 11.9 Å². The van der Waals surface area contributed by atoms with Crippen molar-refractivity contribution in [3.8, 4) is 11.1 Å². The molecule has 2 heterocycles. The third kappa shape index (κ3) is 4.51. The number of benzene rings is 2. The van der Waals surface area contributed by atoms with E-state index in [0.717, 1.165) is 40.6 Å². The van der Waals surface area contributed by atoms with Crippen LogP contribution in [-0.4, -0.2) is 44.7 Å². The van der Waals surface area contributed by atoms with Gasteiger partial charge in [-0.1, -0.05) is 18.2 Å². The topological polar surface area (TPSA) is 140 Å². The molecule has 1 fully saturated rings. The van der Waals surface area contributed by atoms with E-state index in [1.165, 1.54) is 6.20 Å². The van der Waals surface area contributed by atoms with Gasteiger partial charge in [-0.05, 0) is 48.2 Å². The van der Waals surface area contributed by atoms with Gasteiger partial charge in [-0.25, -0.2) is 4.98 Å². The van der Waals surface area contributed by atoms with E-state index >= 15 is 0 Å². The van der Waals surface area contributed by atoms with Crippen LogP contribution >= 0.6 is 0 Å². The number of carbonyl (C=O) groups excluding carboxylic acids is 2. The number of hydrogen-bond donors (Lipinski definition) is 4. The number of rotatable bonds is 8. The molecule has 2 aromatic carbocycles. The molecule has 2 aromatic heterocycles. The molecule has 0 atom stereocenters. The second-order valence-electron chi connectivity index (χ2n) is 8.19. The van der Waals surface area contributed by atoms with Crippen LogP contribution in [0.25, 0.3) is 22.0 Å². The summed E-state index contributed by atoms with van der Waals surface area (Å²) in [4.78, 5) is 32.0. The molecule has 10 heteroatoms. The van der Waals surface area contributed by atoms with Crippen LogP contribution in [0.4, 0.5) is 17.5 Å². The van der Waals surface area contributed by atoms with Crippen LogP contribution in [0, 0.1) is 0 Å². The average Bonchev–Trinajstić information content (AvgIpc) is 3.57. The van der Waals surface area contributed by atoms with Crippen LogP contribution in [0.3, 0.4) is 0 Å². The van der Waals surface area contributed by atoms with E-state index in [2.05, 4.69) is 31.0 Å². The van der Waals surface area contributed by atoms with Gasteiger partial charge >= 0.3 is 0 Å². The Kier molecular flexibility index (Phi) is 5.54. The quantitative estimate of drug-likeness (QED) is 0.319. The first-order valence-electron chi connectivity index (χ1n) is 11.0. The van der Waals surface area contributed by atoms with Gasteiger partial charge < -0.3 is 21.7 Å². The molecule has 0 radical (unpaired) electrons. The Hall–Kier alpha value is -4.47. The lowest BCUT2D eigenvalue weighted by molar-refractivity contribution is -0.121. The summed E-state index contributed by atoms with van der Waals surface area (Å²) in [5.74, 6) is 0.177. The van der Waals surface area contributed by atoms with Gasteiger partial charge in [0.15, 0.2) is 0 Å². The van der Waals surface area contributed by atoms with Crippen molar-refractivity contribution in [2.24, 2.45) is 5.73 Å². The largest absolute Gasteiger partial charge is 0.367 e. The maximum Gasteiger partial charge on any atom is 0.254 e. The molecule has 10 nitrogen and oxygen atoms in total. The molecule has 1 aliphatic rings. The van der Waals surface area contributed by atoms with Crippen LogP contribution in [0.1, 0.15) is 23.2 Å². The van der Waals surface area contributed by atoms with Crippen molar-refractivity contribution in [3.05, 3.63) is 60.4 Å². The fourth-order valence-electron chi connectivity index (χ4n) is 3.64. The van der Waals surface area contributed by atoms with E-state index in [4.69, 9.17) is 5.73 Å². The monoisotopic (exact) mass is 456 g/mol. The summed E-state index contributed by atoms with van der Waals surface area (Å²) in [7, 11) is 1.61. The fourth-order valence-corrected chi connectivity index (χ4v) is 3.64. The first kappa shape index (κ1) is 21.4. The third-order valence-electron chi connectivity index (χ3n) is 5.66. The number of likely N-dealkylation sites (N-methyl/N-ethyl adjacent to an activating group) is 1. The Bertz CT molecular complexity index is 1380. The van der Waals surface area contributed by atoms with Crippen LogP contribution in [-0.2, 0) is 11.3 Å². The van der Waals surface area contributed by atoms with E-state index in [1.807, 2.05) is 42.5 Å². The number of amides is 2. The second kappa shape index (κ2) is 8.81. The molecule has 4 aromatic rings. The first-order chi connectivity index (χ1) is 16.5. The molecule has 0 spiro atoms. The smallest absolute Gasteiger partial charge is 0.254 e. The summed E-state index contributed by atoms with van der Waals surface area (Å²) in [5, 5.41) is 14.3. The van der Waals surface area contributed by atoms with Crippen molar-refractivity contribution in [3.63, 3.8) is 0 Å². The Labute approximate surface area is 195 Å². The molecule has 0 saturated heterocycles. The van der Waals surface area contributed by atoms with Crippen LogP contribution < -0.4 is 21.7 Å². The number of fused-ring (bicyclic) bond motifs is 1. The predicted octanol–water partition coefficient (Wildman–Crippen LogP) is 2.66. The number of nitrogens with one attached hydrogen (secondary N) is 3. The van der Waals surface area contributed by atoms with Crippen molar-refractivity contribution in [1.29, 1.82) is 0 Å². The zero-order chi connectivity index (χ0) is 23.7. The molecule has 5 N–H and O–H groups in total. The average molecular weight is 457 g/mol.